The van der Waals surface area contributed by atoms with Crippen LogP contribution in [0.2, 0.25) is 0 Å². The lowest BCUT2D eigenvalue weighted by molar-refractivity contribution is -0.123. The highest BCUT2D eigenvalue weighted by atomic mass is 79.9. The maximum absolute atomic E-state index is 12.2. The third-order valence-corrected chi connectivity index (χ3v) is 4.84. The molecule has 0 spiro atoms. The topological polar surface area (TPSA) is 47.6 Å². The molecule has 0 aromatic heterocycles. The maximum Gasteiger partial charge on any atom is 0.258 e. The van der Waals surface area contributed by atoms with Crippen molar-refractivity contribution in [1.82, 2.24) is 5.32 Å². The monoisotopic (exact) mass is 433 g/mol. The molecule has 1 N–H and O–H groups in total. The Balaban J connectivity index is 1.90. The van der Waals surface area contributed by atoms with Crippen molar-refractivity contribution in [2.75, 3.05) is 13.2 Å². The summed E-state index contributed by atoms with van der Waals surface area (Å²) in [6.07, 6.45) is 0. The van der Waals surface area contributed by atoms with Crippen LogP contribution in [0.3, 0.4) is 0 Å². The number of carbonyl (C=O) groups excluding carboxylic acids is 1. The van der Waals surface area contributed by atoms with E-state index in [-0.39, 0.29) is 24.0 Å². The molecule has 0 aliphatic heterocycles. The molecule has 2 aromatic carbocycles. The first-order chi connectivity index (χ1) is 12.7. The van der Waals surface area contributed by atoms with E-state index in [2.05, 4.69) is 42.0 Å². The number of benzene rings is 2. The number of ether oxygens (including phenoxy) is 2. The molecular formula is C22H28BrNO3. The fraction of sp³-hybridized carbons (Fsp3) is 0.409. The minimum atomic E-state index is -0.164. The van der Waals surface area contributed by atoms with Crippen LogP contribution < -0.4 is 14.8 Å². The normalized spacial score (nSPS) is 12.4. The van der Waals surface area contributed by atoms with E-state index in [1.165, 1.54) is 5.56 Å². The van der Waals surface area contributed by atoms with Crippen molar-refractivity contribution in [3.8, 4) is 11.5 Å². The van der Waals surface area contributed by atoms with Crippen LogP contribution in [0.4, 0.5) is 0 Å². The Morgan fingerprint density at radius 3 is 2.33 bits per heavy atom. The van der Waals surface area contributed by atoms with Crippen molar-refractivity contribution in [2.45, 2.75) is 46.1 Å². The lowest BCUT2D eigenvalue weighted by Gasteiger charge is -2.20. The van der Waals surface area contributed by atoms with E-state index < -0.39 is 0 Å². The zero-order valence-corrected chi connectivity index (χ0v) is 18.2. The van der Waals surface area contributed by atoms with E-state index in [4.69, 9.17) is 9.47 Å². The molecule has 2 rings (SSSR count). The lowest BCUT2D eigenvalue weighted by Crippen LogP contribution is -2.31. The van der Waals surface area contributed by atoms with Crippen LogP contribution in [-0.4, -0.2) is 19.1 Å². The Labute approximate surface area is 170 Å². The molecule has 5 heteroatoms. The van der Waals surface area contributed by atoms with Crippen LogP contribution in [0.25, 0.3) is 0 Å². The fourth-order valence-electron chi connectivity index (χ4n) is 2.61. The van der Waals surface area contributed by atoms with Gasteiger partial charge in [0.05, 0.1) is 17.1 Å². The van der Waals surface area contributed by atoms with Crippen molar-refractivity contribution < 1.29 is 14.3 Å². The van der Waals surface area contributed by atoms with Gasteiger partial charge in [0.15, 0.2) is 6.61 Å². The fourth-order valence-corrected chi connectivity index (χ4v) is 3.11. The SMILES string of the molecule is CCOc1ccc([C@@H](C)NC(=O)COc2ccc(C(C)(C)C)cc2Br)cc1. The summed E-state index contributed by atoms with van der Waals surface area (Å²) in [5.41, 5.74) is 2.28. The van der Waals surface area contributed by atoms with Crippen molar-refractivity contribution in [3.63, 3.8) is 0 Å². The number of hydrogen-bond acceptors (Lipinski definition) is 3. The van der Waals surface area contributed by atoms with Gasteiger partial charge in [-0.15, -0.1) is 0 Å². The highest BCUT2D eigenvalue weighted by Gasteiger charge is 2.16. The molecule has 2 aromatic rings. The second-order valence-electron chi connectivity index (χ2n) is 7.48. The molecule has 0 heterocycles. The molecule has 146 valence electrons. The predicted octanol–water partition coefficient (Wildman–Crippen LogP) is 5.40. The van der Waals surface area contributed by atoms with Gasteiger partial charge in [-0.3, -0.25) is 4.79 Å². The van der Waals surface area contributed by atoms with Crippen LogP contribution in [0, 0.1) is 0 Å². The minimum Gasteiger partial charge on any atom is -0.494 e. The molecule has 27 heavy (non-hydrogen) atoms. The summed E-state index contributed by atoms with van der Waals surface area (Å²) < 4.78 is 12.0. The average Bonchev–Trinajstić information content (AvgIpc) is 2.60. The number of nitrogens with one attached hydrogen (secondary N) is 1. The van der Waals surface area contributed by atoms with E-state index in [9.17, 15) is 4.79 Å². The molecule has 0 aliphatic rings. The van der Waals surface area contributed by atoms with Crippen molar-refractivity contribution in [1.29, 1.82) is 0 Å². The number of halogens is 1. The summed E-state index contributed by atoms with van der Waals surface area (Å²) in [5.74, 6) is 1.32. The zero-order valence-electron chi connectivity index (χ0n) is 16.6. The van der Waals surface area contributed by atoms with E-state index in [0.29, 0.717) is 12.4 Å². The molecule has 0 aliphatic carbocycles. The van der Waals surface area contributed by atoms with Gasteiger partial charge in [-0.2, -0.15) is 0 Å². The summed E-state index contributed by atoms with van der Waals surface area (Å²) in [6, 6.07) is 13.6. The first-order valence-electron chi connectivity index (χ1n) is 9.15. The van der Waals surface area contributed by atoms with Crippen LogP contribution >= 0.6 is 15.9 Å². The van der Waals surface area contributed by atoms with Crippen molar-refractivity contribution in [2.24, 2.45) is 0 Å². The molecule has 1 atom stereocenters. The largest absolute Gasteiger partial charge is 0.494 e. The van der Waals surface area contributed by atoms with E-state index in [0.717, 1.165) is 15.8 Å². The van der Waals surface area contributed by atoms with Gasteiger partial charge in [-0.1, -0.05) is 39.0 Å². The minimum absolute atomic E-state index is 0.0329. The van der Waals surface area contributed by atoms with Gasteiger partial charge in [0.2, 0.25) is 0 Å². The van der Waals surface area contributed by atoms with Gasteiger partial charge < -0.3 is 14.8 Å². The van der Waals surface area contributed by atoms with Crippen LogP contribution in [0.15, 0.2) is 46.9 Å². The summed E-state index contributed by atoms with van der Waals surface area (Å²) in [5, 5.41) is 2.95. The lowest BCUT2D eigenvalue weighted by atomic mass is 9.87. The van der Waals surface area contributed by atoms with Crippen LogP contribution in [-0.2, 0) is 10.2 Å². The quantitative estimate of drug-likeness (QED) is 0.635. The Kier molecular flexibility index (Phi) is 7.31. The van der Waals surface area contributed by atoms with Gasteiger partial charge in [0.1, 0.15) is 11.5 Å². The molecule has 0 radical (unpaired) electrons. The molecule has 4 nitrogen and oxygen atoms in total. The highest BCUT2D eigenvalue weighted by molar-refractivity contribution is 9.10. The van der Waals surface area contributed by atoms with Gasteiger partial charge in [-0.05, 0) is 70.6 Å². The highest BCUT2D eigenvalue weighted by Crippen LogP contribution is 2.31. The summed E-state index contributed by atoms with van der Waals surface area (Å²) in [4.78, 5) is 12.2. The van der Waals surface area contributed by atoms with Crippen LogP contribution in [0.5, 0.6) is 11.5 Å². The summed E-state index contributed by atoms with van der Waals surface area (Å²) in [7, 11) is 0. The van der Waals surface area contributed by atoms with Gasteiger partial charge >= 0.3 is 0 Å². The number of amides is 1. The molecule has 0 saturated heterocycles. The van der Waals surface area contributed by atoms with E-state index >= 15 is 0 Å². The van der Waals surface area contributed by atoms with Crippen molar-refractivity contribution in [3.05, 3.63) is 58.1 Å². The first kappa shape index (κ1) is 21.3. The standard InChI is InChI=1S/C22H28BrNO3/c1-6-26-18-10-7-16(8-11-18)15(2)24-21(25)14-27-20-12-9-17(13-19(20)23)22(3,4)5/h7-13,15H,6,14H2,1-5H3,(H,24,25)/t15-/m1/s1. The Morgan fingerprint density at radius 1 is 1.11 bits per heavy atom. The Hall–Kier alpha value is -2.01. The third-order valence-electron chi connectivity index (χ3n) is 4.23. The van der Waals surface area contributed by atoms with Gasteiger partial charge in [0.25, 0.3) is 5.91 Å². The Bertz CT molecular complexity index is 766. The summed E-state index contributed by atoms with van der Waals surface area (Å²) in [6.45, 7) is 11.0. The zero-order chi connectivity index (χ0) is 20.0. The molecule has 0 bridgehead atoms. The molecule has 1 amide bonds. The van der Waals surface area contributed by atoms with Gasteiger partial charge in [-0.25, -0.2) is 0 Å². The Morgan fingerprint density at radius 2 is 1.78 bits per heavy atom. The molecule has 0 unspecified atom stereocenters. The second kappa shape index (κ2) is 9.27. The number of carbonyl (C=O) groups is 1. The molecule has 0 saturated carbocycles. The number of hydrogen-bond donors (Lipinski definition) is 1. The number of rotatable bonds is 7. The molecular weight excluding hydrogens is 406 g/mol. The van der Waals surface area contributed by atoms with E-state index in [1.54, 1.807) is 0 Å². The molecule has 0 fully saturated rings. The summed E-state index contributed by atoms with van der Waals surface area (Å²) >= 11 is 3.53. The van der Waals surface area contributed by atoms with Crippen molar-refractivity contribution >= 4 is 21.8 Å². The first-order valence-corrected chi connectivity index (χ1v) is 9.95. The smallest absolute Gasteiger partial charge is 0.258 e. The van der Waals surface area contributed by atoms with Gasteiger partial charge in [0, 0.05) is 0 Å². The maximum atomic E-state index is 12.2. The predicted molar refractivity (Wildman–Crippen MR) is 113 cm³/mol. The van der Waals surface area contributed by atoms with Crippen LogP contribution in [0.1, 0.15) is 51.8 Å². The third kappa shape index (κ3) is 6.28. The second-order valence-corrected chi connectivity index (χ2v) is 8.33. The van der Waals surface area contributed by atoms with E-state index in [1.807, 2.05) is 56.3 Å². The average molecular weight is 434 g/mol.